The minimum Gasteiger partial charge on any atom is -0.462 e. The van der Waals surface area contributed by atoms with Gasteiger partial charge in [0.15, 0.2) is 0 Å². The number of imide groups is 1. The number of nitro groups is 1. The SMILES string of the molecule is CCCOC(=O)c1cc(NC(=O)CN2C(=O)S/C(=C\c3cn(Cc4ccc([N+](=O)[O-])cc4)c4ccccc34)C2=O)ccc1Cl. The fourth-order valence-corrected chi connectivity index (χ4v) is 5.62. The lowest BCUT2D eigenvalue weighted by molar-refractivity contribution is -0.384. The summed E-state index contributed by atoms with van der Waals surface area (Å²) >= 11 is 6.85. The van der Waals surface area contributed by atoms with Crippen molar-refractivity contribution in [3.63, 3.8) is 0 Å². The molecule has 11 nitrogen and oxygen atoms in total. The zero-order valence-electron chi connectivity index (χ0n) is 23.3. The Morgan fingerprint density at radius 2 is 1.84 bits per heavy atom. The summed E-state index contributed by atoms with van der Waals surface area (Å²) in [5.41, 5.74) is 2.75. The number of esters is 1. The number of thioether (sulfide) groups is 1. The molecule has 13 heteroatoms. The average Bonchev–Trinajstić information content (AvgIpc) is 3.48. The van der Waals surface area contributed by atoms with Crippen LogP contribution in [-0.2, 0) is 20.9 Å². The minimum atomic E-state index is -0.636. The topological polar surface area (TPSA) is 141 Å². The molecule has 4 aromatic rings. The van der Waals surface area contributed by atoms with Gasteiger partial charge in [-0.25, -0.2) is 4.79 Å². The van der Waals surface area contributed by atoms with Gasteiger partial charge in [0.25, 0.3) is 16.8 Å². The van der Waals surface area contributed by atoms with Crippen molar-refractivity contribution in [2.45, 2.75) is 19.9 Å². The lowest BCUT2D eigenvalue weighted by Gasteiger charge is -2.13. The number of anilines is 1. The Labute approximate surface area is 260 Å². The van der Waals surface area contributed by atoms with Crippen LogP contribution < -0.4 is 5.32 Å². The van der Waals surface area contributed by atoms with E-state index in [2.05, 4.69) is 5.32 Å². The van der Waals surface area contributed by atoms with Crippen LogP contribution in [0.1, 0.15) is 34.8 Å². The number of non-ortho nitro benzene ring substituents is 1. The summed E-state index contributed by atoms with van der Waals surface area (Å²) in [5, 5.41) is 14.0. The first-order chi connectivity index (χ1) is 21.1. The number of ether oxygens (including phenoxy) is 1. The number of carbonyl (C=O) groups excluding carboxylic acids is 4. The van der Waals surface area contributed by atoms with Crippen LogP contribution in [-0.4, -0.2) is 50.6 Å². The summed E-state index contributed by atoms with van der Waals surface area (Å²) in [5.74, 6) is -1.87. The largest absolute Gasteiger partial charge is 0.462 e. The van der Waals surface area contributed by atoms with Crippen molar-refractivity contribution in [1.29, 1.82) is 0 Å². The molecule has 3 amide bonds. The lowest BCUT2D eigenvalue weighted by Crippen LogP contribution is -2.36. The van der Waals surface area contributed by atoms with Crippen LogP contribution in [0.3, 0.4) is 0 Å². The molecule has 5 rings (SSSR count). The van der Waals surface area contributed by atoms with Gasteiger partial charge >= 0.3 is 5.97 Å². The molecule has 3 aromatic carbocycles. The van der Waals surface area contributed by atoms with E-state index in [9.17, 15) is 29.3 Å². The number of nitrogens with zero attached hydrogens (tertiary/aromatic N) is 3. The molecule has 1 fully saturated rings. The van der Waals surface area contributed by atoms with Crippen molar-refractivity contribution in [2.24, 2.45) is 0 Å². The molecule has 1 aliphatic rings. The number of nitro benzene ring substituents is 1. The molecular weight excluding hydrogens is 608 g/mol. The van der Waals surface area contributed by atoms with E-state index >= 15 is 0 Å². The maximum absolute atomic E-state index is 13.2. The number of fused-ring (bicyclic) bond motifs is 1. The van der Waals surface area contributed by atoms with Gasteiger partial charge in [-0.1, -0.05) is 48.9 Å². The van der Waals surface area contributed by atoms with Crippen LogP contribution in [0.25, 0.3) is 17.0 Å². The predicted octanol–water partition coefficient (Wildman–Crippen LogP) is 6.49. The predicted molar refractivity (Wildman–Crippen MR) is 167 cm³/mol. The number of benzene rings is 3. The normalized spacial score (nSPS) is 14.0. The van der Waals surface area contributed by atoms with E-state index in [4.69, 9.17) is 16.3 Å². The second-order valence-electron chi connectivity index (χ2n) is 9.80. The van der Waals surface area contributed by atoms with E-state index in [1.165, 1.54) is 30.3 Å². The quantitative estimate of drug-likeness (QED) is 0.0905. The number of hydrogen-bond acceptors (Lipinski definition) is 8. The highest BCUT2D eigenvalue weighted by Crippen LogP contribution is 2.34. The number of para-hydroxylation sites is 1. The zero-order chi connectivity index (χ0) is 31.4. The molecular formula is C31H25ClN4O7S. The number of amides is 3. The first-order valence-corrected chi connectivity index (χ1v) is 14.7. The molecule has 44 heavy (non-hydrogen) atoms. The fourth-order valence-electron chi connectivity index (χ4n) is 4.59. The summed E-state index contributed by atoms with van der Waals surface area (Å²) in [6.07, 6.45) is 4.09. The fraction of sp³-hybridized carbons (Fsp3) is 0.161. The van der Waals surface area contributed by atoms with E-state index in [0.717, 1.165) is 33.1 Å². The molecule has 224 valence electrons. The highest BCUT2D eigenvalue weighted by atomic mass is 35.5. The number of hydrogen-bond donors (Lipinski definition) is 1. The van der Waals surface area contributed by atoms with Crippen LogP contribution in [0.15, 0.2) is 77.8 Å². The van der Waals surface area contributed by atoms with Gasteiger partial charge in [0.2, 0.25) is 5.91 Å². The Balaban J connectivity index is 1.31. The van der Waals surface area contributed by atoms with Gasteiger partial charge in [0, 0.05) is 47.0 Å². The Bertz CT molecular complexity index is 1830. The summed E-state index contributed by atoms with van der Waals surface area (Å²) in [6, 6.07) is 18.1. The molecule has 0 bridgehead atoms. The average molecular weight is 633 g/mol. The molecule has 1 saturated heterocycles. The van der Waals surface area contributed by atoms with Gasteiger partial charge in [0.1, 0.15) is 6.54 Å². The second kappa shape index (κ2) is 13.1. The lowest BCUT2D eigenvalue weighted by atomic mass is 10.1. The zero-order valence-corrected chi connectivity index (χ0v) is 24.9. The van der Waals surface area contributed by atoms with Crippen molar-refractivity contribution in [3.8, 4) is 0 Å². The number of aromatic nitrogens is 1. The summed E-state index contributed by atoms with van der Waals surface area (Å²) < 4.78 is 7.07. The van der Waals surface area contributed by atoms with E-state index in [1.54, 1.807) is 18.2 Å². The molecule has 0 radical (unpaired) electrons. The van der Waals surface area contributed by atoms with E-state index in [0.29, 0.717) is 18.5 Å². The van der Waals surface area contributed by atoms with Gasteiger partial charge in [-0.15, -0.1) is 0 Å². The standard InChI is InChI=1S/C31H25ClN4O7S/c1-2-13-43-30(39)24-15-21(9-12-25(24)32)33-28(37)18-35-29(38)27(44-31(35)40)14-20-17-34(26-6-4-3-5-23(20)26)16-19-7-10-22(11-8-19)36(41)42/h3-12,14-15,17H,2,13,16,18H2,1H3,(H,33,37)/b27-14-. The van der Waals surface area contributed by atoms with Gasteiger partial charge in [-0.3, -0.25) is 29.4 Å². The number of carbonyl (C=O) groups is 4. The summed E-state index contributed by atoms with van der Waals surface area (Å²) in [4.78, 5) is 62.6. The monoisotopic (exact) mass is 632 g/mol. The van der Waals surface area contributed by atoms with E-state index in [1.807, 2.05) is 42.0 Å². The number of halogens is 1. The highest BCUT2D eigenvalue weighted by molar-refractivity contribution is 8.18. The molecule has 1 aliphatic heterocycles. The summed E-state index contributed by atoms with van der Waals surface area (Å²) in [6.45, 7) is 1.98. The van der Waals surface area contributed by atoms with Crippen LogP contribution in [0, 0.1) is 10.1 Å². The van der Waals surface area contributed by atoms with Crippen LogP contribution in [0.5, 0.6) is 0 Å². The van der Waals surface area contributed by atoms with Crippen LogP contribution in [0.4, 0.5) is 16.2 Å². The van der Waals surface area contributed by atoms with Crippen molar-refractivity contribution >= 4 is 74.7 Å². The third-order valence-corrected chi connectivity index (χ3v) is 7.93. The van der Waals surface area contributed by atoms with Gasteiger partial charge < -0.3 is 14.6 Å². The third-order valence-electron chi connectivity index (χ3n) is 6.69. The minimum absolute atomic E-state index is 0.00114. The van der Waals surface area contributed by atoms with Crippen molar-refractivity contribution in [1.82, 2.24) is 9.47 Å². The Morgan fingerprint density at radius 3 is 2.57 bits per heavy atom. The van der Waals surface area contributed by atoms with Gasteiger partial charge in [-0.05, 0) is 54.1 Å². The molecule has 1 aromatic heterocycles. The highest BCUT2D eigenvalue weighted by Gasteiger charge is 2.36. The molecule has 0 atom stereocenters. The molecule has 0 spiro atoms. The van der Waals surface area contributed by atoms with Crippen LogP contribution >= 0.6 is 23.4 Å². The van der Waals surface area contributed by atoms with Gasteiger partial charge in [0.05, 0.1) is 27.0 Å². The molecule has 0 aliphatic carbocycles. The maximum Gasteiger partial charge on any atom is 0.339 e. The second-order valence-corrected chi connectivity index (χ2v) is 11.2. The van der Waals surface area contributed by atoms with E-state index < -0.39 is 34.5 Å². The first-order valence-electron chi connectivity index (χ1n) is 13.5. The van der Waals surface area contributed by atoms with Crippen molar-refractivity contribution in [3.05, 3.63) is 110 Å². The Morgan fingerprint density at radius 1 is 1.09 bits per heavy atom. The third kappa shape index (κ3) is 6.66. The van der Waals surface area contributed by atoms with Gasteiger partial charge in [-0.2, -0.15) is 0 Å². The van der Waals surface area contributed by atoms with E-state index in [-0.39, 0.29) is 33.5 Å². The summed E-state index contributed by atoms with van der Waals surface area (Å²) in [7, 11) is 0. The number of rotatable bonds is 10. The van der Waals surface area contributed by atoms with Crippen molar-refractivity contribution < 1.29 is 28.8 Å². The molecule has 1 N–H and O–H groups in total. The van der Waals surface area contributed by atoms with Crippen molar-refractivity contribution in [2.75, 3.05) is 18.5 Å². The number of nitrogens with one attached hydrogen (secondary N) is 1. The first kappa shape index (κ1) is 30.5. The molecule has 2 heterocycles. The smallest absolute Gasteiger partial charge is 0.339 e. The van der Waals surface area contributed by atoms with Crippen LogP contribution in [0.2, 0.25) is 5.02 Å². The Kier molecular flexibility index (Phi) is 9.12. The maximum atomic E-state index is 13.2. The molecule has 0 unspecified atom stereocenters. The Hall–Kier alpha value is -4.94. The molecule has 0 saturated carbocycles.